The molecule has 0 amide bonds. The number of rotatable bonds is 2. The van der Waals surface area contributed by atoms with Crippen LogP contribution >= 0.6 is 15.9 Å². The average Bonchev–Trinajstić information content (AvgIpc) is 2.36. The van der Waals surface area contributed by atoms with Crippen molar-refractivity contribution < 1.29 is 8.78 Å². The zero-order valence-corrected chi connectivity index (χ0v) is 11.3. The summed E-state index contributed by atoms with van der Waals surface area (Å²) in [5.74, 6) is -0.384. The Labute approximate surface area is 111 Å². The van der Waals surface area contributed by atoms with E-state index in [0.717, 1.165) is 0 Å². The summed E-state index contributed by atoms with van der Waals surface area (Å²) in [6.07, 6.45) is 0. The highest BCUT2D eigenvalue weighted by Crippen LogP contribution is 2.25. The van der Waals surface area contributed by atoms with Gasteiger partial charge >= 0.3 is 0 Å². The predicted molar refractivity (Wildman–Crippen MR) is 69.4 cm³/mol. The highest BCUT2D eigenvalue weighted by atomic mass is 79.9. The van der Waals surface area contributed by atoms with Crippen molar-refractivity contribution in [3.05, 3.63) is 40.0 Å². The van der Waals surface area contributed by atoms with Crippen LogP contribution in [0, 0.1) is 18.6 Å². The van der Waals surface area contributed by atoms with Crippen LogP contribution in [-0.4, -0.2) is 17.0 Å². The largest absolute Gasteiger partial charge is 0.371 e. The third-order valence-corrected chi connectivity index (χ3v) is 3.04. The number of anilines is 1. The minimum atomic E-state index is -0.484. The first kappa shape index (κ1) is 12.9. The number of nitrogens with one attached hydrogen (secondary N) is 1. The second-order valence-corrected chi connectivity index (χ2v) is 4.53. The lowest BCUT2D eigenvalue weighted by atomic mass is 10.2. The Morgan fingerprint density at radius 1 is 1.22 bits per heavy atom. The molecule has 94 valence electrons. The van der Waals surface area contributed by atoms with Gasteiger partial charge in [-0.25, -0.2) is 18.7 Å². The lowest BCUT2D eigenvalue weighted by Gasteiger charge is -2.07. The van der Waals surface area contributed by atoms with E-state index in [0.29, 0.717) is 15.9 Å². The number of aromatic nitrogens is 2. The lowest BCUT2D eigenvalue weighted by molar-refractivity contribution is 0.607. The highest BCUT2D eigenvalue weighted by Gasteiger charge is 2.12. The fourth-order valence-electron chi connectivity index (χ4n) is 1.49. The van der Waals surface area contributed by atoms with Crippen LogP contribution in [0.15, 0.2) is 22.7 Å². The summed E-state index contributed by atoms with van der Waals surface area (Å²) in [7, 11) is 1.58. The van der Waals surface area contributed by atoms with E-state index in [1.165, 1.54) is 6.07 Å². The molecule has 18 heavy (non-hydrogen) atoms. The van der Waals surface area contributed by atoms with E-state index in [4.69, 9.17) is 0 Å². The van der Waals surface area contributed by atoms with Crippen molar-refractivity contribution >= 4 is 21.7 Å². The molecule has 0 aliphatic carbocycles. The van der Waals surface area contributed by atoms with Gasteiger partial charge in [-0.1, -0.05) is 0 Å². The summed E-state index contributed by atoms with van der Waals surface area (Å²) >= 11 is 3.09. The summed E-state index contributed by atoms with van der Waals surface area (Å²) in [5.41, 5.74) is 0.854. The summed E-state index contributed by atoms with van der Waals surface area (Å²) in [5, 5.41) is 2.66. The maximum Gasteiger partial charge on any atom is 0.186 e. The van der Waals surface area contributed by atoms with Crippen LogP contribution < -0.4 is 5.32 Å². The maximum atomic E-state index is 13.6. The summed E-state index contributed by atoms with van der Waals surface area (Å²) in [6, 6.07) is 4.41. The van der Waals surface area contributed by atoms with E-state index < -0.39 is 5.82 Å². The van der Waals surface area contributed by atoms with Gasteiger partial charge in [-0.3, -0.25) is 0 Å². The molecule has 1 aromatic heterocycles. The van der Waals surface area contributed by atoms with Gasteiger partial charge in [0.1, 0.15) is 5.82 Å². The van der Waals surface area contributed by atoms with E-state index in [9.17, 15) is 8.78 Å². The van der Waals surface area contributed by atoms with Crippen LogP contribution in [0.5, 0.6) is 0 Å². The molecule has 1 heterocycles. The van der Waals surface area contributed by atoms with E-state index in [1.54, 1.807) is 26.1 Å². The molecule has 0 bridgehead atoms. The topological polar surface area (TPSA) is 37.8 Å². The van der Waals surface area contributed by atoms with Crippen LogP contribution in [0.1, 0.15) is 5.69 Å². The number of hydrogen-bond acceptors (Lipinski definition) is 3. The summed E-state index contributed by atoms with van der Waals surface area (Å²) in [4.78, 5) is 8.11. The average molecular weight is 314 g/mol. The van der Waals surface area contributed by atoms with Gasteiger partial charge in [-0.05, 0) is 41.1 Å². The lowest BCUT2D eigenvalue weighted by Crippen LogP contribution is -2.03. The molecule has 2 aromatic rings. The van der Waals surface area contributed by atoms with E-state index in [-0.39, 0.29) is 17.3 Å². The quantitative estimate of drug-likeness (QED) is 0.921. The van der Waals surface area contributed by atoms with Gasteiger partial charge in [0.25, 0.3) is 0 Å². The Balaban J connectivity index is 2.57. The second-order valence-electron chi connectivity index (χ2n) is 3.67. The molecule has 2 rings (SSSR count). The zero-order chi connectivity index (χ0) is 13.3. The molecule has 0 saturated heterocycles. The van der Waals surface area contributed by atoms with Crippen LogP contribution in [0.3, 0.4) is 0 Å². The first-order valence-electron chi connectivity index (χ1n) is 5.20. The van der Waals surface area contributed by atoms with Gasteiger partial charge in [-0.15, -0.1) is 0 Å². The fraction of sp³-hybridized carbons (Fsp3) is 0.167. The monoisotopic (exact) mass is 313 g/mol. The number of hydrogen-bond donors (Lipinski definition) is 1. The molecule has 0 spiro atoms. The Kier molecular flexibility index (Phi) is 3.56. The van der Waals surface area contributed by atoms with Gasteiger partial charge in [-0.2, -0.15) is 0 Å². The molecule has 0 aliphatic rings. The van der Waals surface area contributed by atoms with Crippen molar-refractivity contribution in [1.82, 2.24) is 9.97 Å². The molecule has 6 heteroatoms. The number of halogens is 3. The van der Waals surface area contributed by atoms with Crippen molar-refractivity contribution in [2.75, 3.05) is 12.4 Å². The Bertz CT molecular complexity index is 602. The van der Waals surface area contributed by atoms with Gasteiger partial charge < -0.3 is 5.32 Å². The molecular formula is C12H10BrF2N3. The van der Waals surface area contributed by atoms with Crippen molar-refractivity contribution in [3.63, 3.8) is 0 Å². The number of aryl methyl sites for hydroxylation is 1. The first-order valence-corrected chi connectivity index (χ1v) is 5.99. The molecule has 0 aliphatic heterocycles. The van der Waals surface area contributed by atoms with Crippen molar-refractivity contribution in [2.24, 2.45) is 0 Å². The van der Waals surface area contributed by atoms with Gasteiger partial charge in [0.05, 0.1) is 10.2 Å². The normalized spacial score (nSPS) is 10.5. The predicted octanol–water partition coefficient (Wildman–Crippen LogP) is 3.53. The van der Waals surface area contributed by atoms with Crippen LogP contribution in [0.2, 0.25) is 0 Å². The molecule has 3 nitrogen and oxygen atoms in total. The van der Waals surface area contributed by atoms with Crippen LogP contribution in [-0.2, 0) is 0 Å². The van der Waals surface area contributed by atoms with E-state index >= 15 is 0 Å². The molecular weight excluding hydrogens is 304 g/mol. The van der Waals surface area contributed by atoms with Crippen molar-refractivity contribution in [1.29, 1.82) is 0 Å². The molecule has 0 saturated carbocycles. The van der Waals surface area contributed by atoms with Gasteiger partial charge in [0.15, 0.2) is 17.5 Å². The molecule has 0 atom stereocenters. The first-order chi connectivity index (χ1) is 8.52. The number of benzene rings is 1. The second kappa shape index (κ2) is 4.97. The van der Waals surface area contributed by atoms with Gasteiger partial charge in [0.2, 0.25) is 0 Å². The summed E-state index contributed by atoms with van der Waals surface area (Å²) < 4.78 is 27.0. The zero-order valence-electron chi connectivity index (χ0n) is 9.76. The minimum Gasteiger partial charge on any atom is -0.371 e. The van der Waals surface area contributed by atoms with Gasteiger partial charge in [0, 0.05) is 12.6 Å². The minimum absolute atomic E-state index is 0.123. The Hall–Kier alpha value is -1.56. The summed E-state index contributed by atoms with van der Waals surface area (Å²) in [6.45, 7) is 1.56. The standard InChI is InChI=1S/C12H10BrF2N3/c1-6-10(15)12(16-2)18-11(17-6)7-3-4-9(14)8(13)5-7/h3-5H,1-2H3,(H,16,17,18). The molecule has 1 N–H and O–H groups in total. The maximum absolute atomic E-state index is 13.6. The van der Waals surface area contributed by atoms with Crippen LogP contribution in [0.4, 0.5) is 14.6 Å². The van der Waals surface area contributed by atoms with Crippen molar-refractivity contribution in [3.8, 4) is 11.4 Å². The third kappa shape index (κ3) is 2.33. The molecule has 0 fully saturated rings. The van der Waals surface area contributed by atoms with Crippen molar-refractivity contribution in [2.45, 2.75) is 6.92 Å². The third-order valence-electron chi connectivity index (χ3n) is 2.43. The SMILES string of the molecule is CNc1nc(-c2ccc(F)c(Br)c2)nc(C)c1F. The van der Waals surface area contributed by atoms with Crippen LogP contribution in [0.25, 0.3) is 11.4 Å². The smallest absolute Gasteiger partial charge is 0.186 e. The molecule has 0 unspecified atom stereocenters. The van der Waals surface area contributed by atoms with E-state index in [1.807, 2.05) is 0 Å². The molecule has 0 radical (unpaired) electrons. The Morgan fingerprint density at radius 2 is 1.94 bits per heavy atom. The Morgan fingerprint density at radius 3 is 2.56 bits per heavy atom. The van der Waals surface area contributed by atoms with E-state index in [2.05, 4.69) is 31.2 Å². The molecule has 1 aromatic carbocycles. The number of nitrogens with zero attached hydrogens (tertiary/aromatic N) is 2. The fourth-order valence-corrected chi connectivity index (χ4v) is 1.87. The highest BCUT2D eigenvalue weighted by molar-refractivity contribution is 9.10.